The van der Waals surface area contributed by atoms with Crippen LogP contribution in [0.1, 0.15) is 153 Å². The van der Waals surface area contributed by atoms with E-state index in [1.807, 2.05) is 31.2 Å². The molecule has 4 aromatic carbocycles. The number of rotatable bonds is 11. The van der Waals surface area contributed by atoms with Gasteiger partial charge in [0, 0.05) is 24.2 Å². The molecule has 0 atom stereocenters. The summed E-state index contributed by atoms with van der Waals surface area (Å²) in [5.41, 5.74) is 10.5. The van der Waals surface area contributed by atoms with Crippen LogP contribution < -0.4 is 20.5 Å². The molecule has 8 rings (SSSR count). The number of nitrogens with two attached hydrogens (primary N) is 1. The summed E-state index contributed by atoms with van der Waals surface area (Å²) in [6.45, 7) is 21.3. The van der Waals surface area contributed by atoms with E-state index in [1.54, 1.807) is 0 Å². The number of aldehydes is 1. The molecule has 4 aliphatic carbocycles. The lowest BCUT2D eigenvalue weighted by Crippen LogP contribution is -2.43. The second-order valence-electron chi connectivity index (χ2n) is 21.7. The summed E-state index contributed by atoms with van der Waals surface area (Å²) in [7, 11) is 0. The minimum atomic E-state index is -0.672. The van der Waals surface area contributed by atoms with Gasteiger partial charge in [-0.25, -0.2) is 0 Å². The molecule has 0 heterocycles. The number of esters is 1. The lowest BCUT2D eigenvalue weighted by atomic mass is 9.72. The fourth-order valence-corrected chi connectivity index (χ4v) is 10.4. The Labute approximate surface area is 401 Å². The van der Waals surface area contributed by atoms with Crippen molar-refractivity contribution in [3.63, 3.8) is 0 Å². The molecule has 4 aliphatic rings. The Balaban J connectivity index is 0.000000206. The number of nitrogens with one attached hydrogen (secondary N) is 1. The van der Waals surface area contributed by atoms with Gasteiger partial charge in [0.25, 0.3) is 0 Å². The highest BCUT2D eigenvalue weighted by Gasteiger charge is 2.36. The van der Waals surface area contributed by atoms with Crippen LogP contribution >= 0.6 is 12.4 Å². The molecule has 4 saturated carbocycles. The summed E-state index contributed by atoms with van der Waals surface area (Å²) < 4.78 is 17.7. The van der Waals surface area contributed by atoms with E-state index in [4.69, 9.17) is 25.1 Å². The highest BCUT2D eigenvalue weighted by Crippen LogP contribution is 2.42. The lowest BCUT2D eigenvalue weighted by molar-refractivity contribution is -0.151. The van der Waals surface area contributed by atoms with Gasteiger partial charge in [0.2, 0.25) is 0 Å². The van der Waals surface area contributed by atoms with E-state index < -0.39 is 5.97 Å². The minimum Gasteiger partial charge on any atom is -0.490 e. The van der Waals surface area contributed by atoms with Crippen LogP contribution in [0.5, 0.6) is 11.5 Å². The number of ether oxygens (including phenoxy) is 3. The standard InChI is InChI=1S/C27H37NO3.C22H28O2.C7H13NO2.ClH/c1-17-13-25(31-21-11-9-19(10-12-21)27(2,3)4)24(23-8-6-5-7-22(17)23)16-28-20-14-18(15-20)26(29)30;1-15-13-21(20(14-23)19-8-6-5-7-18(15)19)24-17-11-9-16(10-12-17)22(2,3)4;1-2-10-7(9)5-3-6(8)4-5;/h5-8,13,18-21,28H,9-12,14-16H2,1-4H3,(H,29,30);5-8,13-14,16-17H,9-12H2,1-4H3;5-6H,2-4,8H2,1H3;1H. The average Bonchev–Trinajstić information content (AvgIpc) is 3.23. The lowest BCUT2D eigenvalue weighted by Gasteiger charge is -2.37. The zero-order valence-corrected chi connectivity index (χ0v) is 42.1. The van der Waals surface area contributed by atoms with Gasteiger partial charge in [-0.1, -0.05) is 90.1 Å². The van der Waals surface area contributed by atoms with Crippen LogP contribution in [0.4, 0.5) is 0 Å². The number of aryl methyl sites for hydroxylation is 2. The number of benzene rings is 4. The normalized spacial score (nSPS) is 25.0. The Morgan fingerprint density at radius 1 is 0.697 bits per heavy atom. The van der Waals surface area contributed by atoms with E-state index in [0.717, 1.165) is 84.5 Å². The monoisotopic (exact) mass is 927 g/mol. The molecule has 0 aliphatic heterocycles. The third-order valence-corrected chi connectivity index (χ3v) is 14.9. The second kappa shape index (κ2) is 23.2. The van der Waals surface area contributed by atoms with Gasteiger partial charge in [0.15, 0.2) is 6.29 Å². The van der Waals surface area contributed by atoms with Gasteiger partial charge < -0.3 is 30.4 Å². The Morgan fingerprint density at radius 2 is 1.15 bits per heavy atom. The molecule has 4 aromatic rings. The van der Waals surface area contributed by atoms with Crippen molar-refractivity contribution in [2.75, 3.05) is 6.61 Å². The maximum atomic E-state index is 11.7. The number of halogens is 1. The first-order chi connectivity index (χ1) is 30.9. The Bertz CT molecular complexity index is 2230. The zero-order chi connectivity index (χ0) is 47.1. The fraction of sp³-hybridized carbons (Fsp3) is 0.589. The van der Waals surface area contributed by atoms with Crippen LogP contribution in [0.2, 0.25) is 0 Å². The molecule has 0 amide bonds. The molecule has 362 valence electrons. The van der Waals surface area contributed by atoms with Gasteiger partial charge in [-0.3, -0.25) is 14.4 Å². The van der Waals surface area contributed by atoms with Gasteiger partial charge in [-0.05, 0) is 165 Å². The predicted octanol–water partition coefficient (Wildman–Crippen LogP) is 12.7. The molecule has 0 saturated heterocycles. The van der Waals surface area contributed by atoms with Crippen molar-refractivity contribution in [2.45, 2.75) is 170 Å². The third-order valence-electron chi connectivity index (χ3n) is 14.9. The molecule has 0 unspecified atom stereocenters. The quantitative estimate of drug-likeness (QED) is 0.0991. The topological polar surface area (TPSA) is 137 Å². The first-order valence-corrected chi connectivity index (χ1v) is 24.6. The van der Waals surface area contributed by atoms with Crippen molar-refractivity contribution in [3.8, 4) is 11.5 Å². The number of carbonyl (C=O) groups is 3. The number of hydrogen-bond donors (Lipinski definition) is 3. The van der Waals surface area contributed by atoms with Crippen molar-refractivity contribution >= 4 is 52.2 Å². The first-order valence-electron chi connectivity index (χ1n) is 24.6. The predicted molar refractivity (Wildman–Crippen MR) is 270 cm³/mol. The van der Waals surface area contributed by atoms with Crippen LogP contribution in [0, 0.1) is 48.3 Å². The Kier molecular flexibility index (Phi) is 18.6. The van der Waals surface area contributed by atoms with Crippen LogP contribution in [0.25, 0.3) is 21.5 Å². The van der Waals surface area contributed by atoms with E-state index in [1.165, 1.54) is 47.6 Å². The van der Waals surface area contributed by atoms with Crippen molar-refractivity contribution in [1.82, 2.24) is 5.32 Å². The summed E-state index contributed by atoms with van der Waals surface area (Å²) in [5, 5.41) is 17.4. The van der Waals surface area contributed by atoms with Gasteiger partial charge in [0.1, 0.15) is 11.5 Å². The maximum Gasteiger partial charge on any atom is 0.309 e. The smallest absolute Gasteiger partial charge is 0.309 e. The summed E-state index contributed by atoms with van der Waals surface area (Å²) >= 11 is 0. The highest BCUT2D eigenvalue weighted by atomic mass is 35.5. The minimum absolute atomic E-state index is 0. The van der Waals surface area contributed by atoms with Crippen molar-refractivity contribution < 1.29 is 33.7 Å². The fourth-order valence-electron chi connectivity index (χ4n) is 10.4. The first kappa shape index (κ1) is 52.8. The molecule has 9 nitrogen and oxygen atoms in total. The summed E-state index contributed by atoms with van der Waals surface area (Å²) in [6, 6.07) is 21.3. The van der Waals surface area contributed by atoms with Crippen LogP contribution in [-0.2, 0) is 20.9 Å². The van der Waals surface area contributed by atoms with Crippen LogP contribution in [-0.4, -0.2) is 54.2 Å². The largest absolute Gasteiger partial charge is 0.490 e. The molecule has 66 heavy (non-hydrogen) atoms. The Hall–Kier alpha value is -4.18. The summed E-state index contributed by atoms with van der Waals surface area (Å²) in [4.78, 5) is 33.7. The molecule has 0 aromatic heterocycles. The number of fused-ring (bicyclic) bond motifs is 2. The number of carboxylic acids is 1. The van der Waals surface area contributed by atoms with Gasteiger partial charge in [-0.15, -0.1) is 12.4 Å². The van der Waals surface area contributed by atoms with E-state index in [0.29, 0.717) is 42.4 Å². The molecule has 0 bridgehead atoms. The highest BCUT2D eigenvalue weighted by molar-refractivity contribution is 6.02. The zero-order valence-electron chi connectivity index (χ0n) is 41.3. The van der Waals surface area contributed by atoms with Gasteiger partial charge in [0.05, 0.1) is 36.2 Å². The molecule has 0 radical (unpaired) electrons. The number of aliphatic carboxylic acids is 1. The van der Waals surface area contributed by atoms with E-state index >= 15 is 0 Å². The molecular formula is C56H79ClN2O7. The van der Waals surface area contributed by atoms with E-state index in [-0.39, 0.29) is 54.5 Å². The molecule has 4 N–H and O–H groups in total. The summed E-state index contributed by atoms with van der Waals surface area (Å²) in [5.74, 6) is 2.43. The molecule has 10 heteroatoms. The maximum absolute atomic E-state index is 11.7. The average molecular weight is 928 g/mol. The SMILES string of the molecule is CCOC(=O)C1CC(N)C1.Cc1cc(OC2CCC(C(C)(C)C)CC2)c(C=O)c2ccccc12.Cc1cc(OC2CCC(C(C)(C)C)CC2)c(CNC2CC(C(=O)O)C2)c2ccccc12.Cl. The summed E-state index contributed by atoms with van der Waals surface area (Å²) in [6.07, 6.45) is 13.7. The molecule has 4 fully saturated rings. The van der Waals surface area contributed by atoms with Gasteiger partial charge >= 0.3 is 11.9 Å². The molecule has 0 spiro atoms. The van der Waals surface area contributed by atoms with E-state index in [2.05, 4.69) is 97.1 Å². The van der Waals surface area contributed by atoms with E-state index in [9.17, 15) is 14.4 Å². The molecular weight excluding hydrogens is 848 g/mol. The van der Waals surface area contributed by atoms with Crippen molar-refractivity contribution in [1.29, 1.82) is 0 Å². The van der Waals surface area contributed by atoms with Crippen molar-refractivity contribution in [3.05, 3.63) is 82.9 Å². The Morgan fingerprint density at radius 3 is 1.61 bits per heavy atom. The third kappa shape index (κ3) is 13.5. The second-order valence-corrected chi connectivity index (χ2v) is 21.7. The van der Waals surface area contributed by atoms with Crippen LogP contribution in [0.15, 0.2) is 60.7 Å². The number of carboxylic acid groups (broad SMARTS) is 1. The van der Waals surface area contributed by atoms with Crippen molar-refractivity contribution in [2.24, 2.45) is 40.2 Å². The number of hydrogen-bond acceptors (Lipinski definition) is 8. The van der Waals surface area contributed by atoms with Gasteiger partial charge in [-0.2, -0.15) is 0 Å². The number of carbonyl (C=O) groups excluding carboxylic acids is 2. The van der Waals surface area contributed by atoms with Crippen LogP contribution in [0.3, 0.4) is 0 Å².